The van der Waals surface area contributed by atoms with Gasteiger partial charge in [0.05, 0.1) is 34.2 Å². The van der Waals surface area contributed by atoms with Crippen LogP contribution in [0, 0.1) is 17.8 Å². The number of H-pyrrole nitrogens is 2. The van der Waals surface area contributed by atoms with Crippen molar-refractivity contribution in [2.24, 2.45) is 5.92 Å². The van der Waals surface area contributed by atoms with E-state index in [1.54, 1.807) is 0 Å². The van der Waals surface area contributed by atoms with Crippen LogP contribution in [0.15, 0.2) is 36.4 Å². The average molecular weight is 577 g/mol. The fraction of sp³-hybridized carbons (Fsp3) is 0.471. The Morgan fingerprint density at radius 3 is 1.81 bits per heavy atom. The number of imidazole rings is 2. The molecule has 220 valence electrons. The maximum absolute atomic E-state index is 13.1. The summed E-state index contributed by atoms with van der Waals surface area (Å²) in [5.74, 6) is 8.92. The Hall–Kier alpha value is -4.16. The Morgan fingerprint density at radius 2 is 1.30 bits per heavy atom. The van der Waals surface area contributed by atoms with Gasteiger partial charge in [0.15, 0.2) is 0 Å². The van der Waals surface area contributed by atoms with Gasteiger partial charge in [0.25, 0.3) is 5.91 Å². The minimum atomic E-state index is -0.307. The second-order valence-electron chi connectivity index (χ2n) is 12.5. The van der Waals surface area contributed by atoms with E-state index >= 15 is 0 Å². The summed E-state index contributed by atoms with van der Waals surface area (Å²) in [7, 11) is 0. The molecule has 9 nitrogen and oxygen atoms in total. The molecule has 3 aliphatic heterocycles. The van der Waals surface area contributed by atoms with E-state index in [4.69, 9.17) is 14.7 Å². The number of benzene rings is 2. The SMILES string of the molecule is O=C(C1CCC1)N1CCC[C@H]1c1nc2ccc(C#Cc3ccc4nc([C@@H]5CCCN5C(=O)[C@@H]5CCCO5)[nH]c4c3)cc2[nH]1. The molecule has 0 unspecified atom stereocenters. The van der Waals surface area contributed by atoms with Gasteiger partial charge >= 0.3 is 0 Å². The van der Waals surface area contributed by atoms with Crippen molar-refractivity contribution in [3.63, 3.8) is 0 Å². The van der Waals surface area contributed by atoms with E-state index in [1.165, 1.54) is 0 Å². The number of aromatic nitrogens is 4. The van der Waals surface area contributed by atoms with Crippen molar-refractivity contribution in [2.45, 2.75) is 76.0 Å². The largest absolute Gasteiger partial charge is 0.368 e. The molecule has 9 heteroatoms. The van der Waals surface area contributed by atoms with Gasteiger partial charge in [-0.25, -0.2) is 9.97 Å². The number of nitrogens with one attached hydrogen (secondary N) is 2. The standard InChI is InChI=1S/C34H36N6O3/c41-33(23-5-1-6-23)39-16-2-7-28(39)31-35-24-14-12-21(19-26(24)37-31)10-11-22-13-15-25-27(20-22)38-32(36-25)29-8-3-17-40(29)34(42)30-9-4-18-43-30/h12-15,19-20,23,28-30H,1-9,16-18H2,(H,35,37)(H,36,38)/t28-,29-,30-/m0/s1. The third-order valence-electron chi connectivity index (χ3n) is 9.71. The Labute approximate surface area is 250 Å². The van der Waals surface area contributed by atoms with Gasteiger partial charge in [-0.1, -0.05) is 18.3 Å². The summed E-state index contributed by atoms with van der Waals surface area (Å²) in [5, 5.41) is 0. The van der Waals surface area contributed by atoms with Crippen LogP contribution in [0.3, 0.4) is 0 Å². The molecule has 2 aromatic carbocycles. The molecule has 2 N–H and O–H groups in total. The van der Waals surface area contributed by atoms with Crippen LogP contribution in [-0.2, 0) is 14.3 Å². The first-order chi connectivity index (χ1) is 21.1. The van der Waals surface area contributed by atoms with Crippen LogP contribution in [0.5, 0.6) is 0 Å². The zero-order valence-electron chi connectivity index (χ0n) is 24.3. The second-order valence-corrected chi connectivity index (χ2v) is 12.5. The van der Waals surface area contributed by atoms with Crippen LogP contribution in [-0.4, -0.2) is 67.4 Å². The van der Waals surface area contributed by atoms with E-state index in [0.717, 1.165) is 116 Å². The Bertz CT molecular complexity index is 1770. The minimum absolute atomic E-state index is 0.0338. The van der Waals surface area contributed by atoms with Crippen LogP contribution < -0.4 is 0 Å². The van der Waals surface area contributed by atoms with Crippen LogP contribution in [0.1, 0.15) is 92.6 Å². The van der Waals surface area contributed by atoms with Gasteiger partial charge in [-0.2, -0.15) is 0 Å². The van der Waals surface area contributed by atoms with E-state index in [-0.39, 0.29) is 30.0 Å². The van der Waals surface area contributed by atoms with Crippen molar-refractivity contribution in [3.05, 3.63) is 59.2 Å². The number of carbonyl (C=O) groups is 2. The van der Waals surface area contributed by atoms with Crippen LogP contribution >= 0.6 is 0 Å². The third-order valence-corrected chi connectivity index (χ3v) is 9.71. The zero-order chi connectivity index (χ0) is 28.9. The normalized spacial score (nSPS) is 24.0. The fourth-order valence-corrected chi connectivity index (χ4v) is 7.15. The first kappa shape index (κ1) is 26.5. The third kappa shape index (κ3) is 4.88. The summed E-state index contributed by atoms with van der Waals surface area (Å²) >= 11 is 0. The van der Waals surface area contributed by atoms with E-state index in [1.807, 2.05) is 46.2 Å². The number of nitrogens with zero attached hydrogens (tertiary/aromatic N) is 4. The summed E-state index contributed by atoms with van der Waals surface area (Å²) in [6, 6.07) is 12.0. The van der Waals surface area contributed by atoms with Gasteiger partial charge in [-0.15, -0.1) is 0 Å². The molecular weight excluding hydrogens is 540 g/mol. The van der Waals surface area contributed by atoms with Crippen molar-refractivity contribution >= 4 is 33.9 Å². The fourth-order valence-electron chi connectivity index (χ4n) is 7.15. The Kier molecular flexibility index (Phi) is 6.67. The lowest BCUT2D eigenvalue weighted by atomic mass is 9.84. The minimum Gasteiger partial charge on any atom is -0.368 e. The highest BCUT2D eigenvalue weighted by molar-refractivity contribution is 5.83. The summed E-state index contributed by atoms with van der Waals surface area (Å²) in [6.45, 7) is 2.24. The van der Waals surface area contributed by atoms with Crippen LogP contribution in [0.25, 0.3) is 22.1 Å². The van der Waals surface area contributed by atoms with E-state index < -0.39 is 0 Å². The molecule has 0 bridgehead atoms. The molecule has 43 heavy (non-hydrogen) atoms. The molecule has 0 spiro atoms. The summed E-state index contributed by atoms with van der Waals surface area (Å²) < 4.78 is 5.67. The van der Waals surface area contributed by atoms with Gasteiger partial charge in [-0.3, -0.25) is 9.59 Å². The van der Waals surface area contributed by atoms with Gasteiger partial charge in [0, 0.05) is 36.7 Å². The molecule has 1 aliphatic carbocycles. The zero-order valence-corrected chi connectivity index (χ0v) is 24.3. The number of fused-ring (bicyclic) bond motifs is 2. The van der Waals surface area contributed by atoms with Crippen molar-refractivity contribution in [2.75, 3.05) is 19.7 Å². The number of amides is 2. The lowest BCUT2D eigenvalue weighted by Crippen LogP contribution is -2.38. The first-order valence-electron chi connectivity index (χ1n) is 15.8. The monoisotopic (exact) mass is 576 g/mol. The summed E-state index contributed by atoms with van der Waals surface area (Å²) in [6.07, 6.45) is 8.49. The number of aromatic amines is 2. The van der Waals surface area contributed by atoms with E-state index in [2.05, 4.69) is 21.8 Å². The summed E-state index contributed by atoms with van der Waals surface area (Å²) in [5.41, 5.74) is 5.43. The number of carbonyl (C=O) groups excluding carboxylic acids is 2. The van der Waals surface area contributed by atoms with Crippen molar-refractivity contribution in [1.82, 2.24) is 29.7 Å². The Balaban J connectivity index is 0.998. The molecule has 2 amide bonds. The number of rotatable bonds is 4. The first-order valence-corrected chi connectivity index (χ1v) is 15.8. The molecule has 3 atom stereocenters. The van der Waals surface area contributed by atoms with E-state index in [0.29, 0.717) is 12.5 Å². The predicted octanol–water partition coefficient (Wildman–Crippen LogP) is 5.15. The average Bonchev–Trinajstić information content (AvgIpc) is 3.83. The number of hydrogen-bond donors (Lipinski definition) is 2. The molecule has 2 aromatic heterocycles. The van der Waals surface area contributed by atoms with Gasteiger partial charge in [0.1, 0.15) is 17.8 Å². The van der Waals surface area contributed by atoms with E-state index in [9.17, 15) is 9.59 Å². The maximum atomic E-state index is 13.1. The predicted molar refractivity (Wildman–Crippen MR) is 162 cm³/mol. The maximum Gasteiger partial charge on any atom is 0.252 e. The smallest absolute Gasteiger partial charge is 0.252 e. The highest BCUT2D eigenvalue weighted by Gasteiger charge is 2.38. The quantitative estimate of drug-likeness (QED) is 0.327. The number of hydrogen-bond acceptors (Lipinski definition) is 5. The van der Waals surface area contributed by atoms with Crippen LogP contribution in [0.2, 0.25) is 0 Å². The topological polar surface area (TPSA) is 107 Å². The van der Waals surface area contributed by atoms with Gasteiger partial charge in [-0.05, 0) is 87.8 Å². The molecular formula is C34H36N6O3. The van der Waals surface area contributed by atoms with Crippen molar-refractivity contribution in [3.8, 4) is 11.8 Å². The summed E-state index contributed by atoms with van der Waals surface area (Å²) in [4.78, 5) is 46.7. The molecule has 4 aliphatic rings. The molecule has 4 aromatic rings. The van der Waals surface area contributed by atoms with Crippen LogP contribution in [0.4, 0.5) is 0 Å². The molecule has 5 heterocycles. The van der Waals surface area contributed by atoms with Gasteiger partial charge < -0.3 is 24.5 Å². The molecule has 8 rings (SSSR count). The highest BCUT2D eigenvalue weighted by Crippen LogP contribution is 2.37. The second kappa shape index (κ2) is 10.8. The highest BCUT2D eigenvalue weighted by atomic mass is 16.5. The number of likely N-dealkylation sites (tertiary alicyclic amines) is 2. The molecule has 0 radical (unpaired) electrons. The molecule has 3 saturated heterocycles. The van der Waals surface area contributed by atoms with Crippen molar-refractivity contribution in [1.29, 1.82) is 0 Å². The lowest BCUT2D eigenvalue weighted by molar-refractivity contribution is -0.142. The molecule has 1 saturated carbocycles. The lowest BCUT2D eigenvalue weighted by Gasteiger charge is -2.32. The Morgan fingerprint density at radius 1 is 0.721 bits per heavy atom. The van der Waals surface area contributed by atoms with Crippen molar-refractivity contribution < 1.29 is 14.3 Å². The van der Waals surface area contributed by atoms with Gasteiger partial charge in [0.2, 0.25) is 5.91 Å². The number of ether oxygens (including phenoxy) is 1. The molecule has 4 fully saturated rings.